The second-order valence-electron chi connectivity index (χ2n) is 5.75. The van der Waals surface area contributed by atoms with Crippen LogP contribution in [0.4, 0.5) is 27.5 Å². The summed E-state index contributed by atoms with van der Waals surface area (Å²) < 4.78 is 27.1. The normalized spacial score (nSPS) is 10.8. The zero-order valence-corrected chi connectivity index (χ0v) is 15.6. The number of hydrogen-bond acceptors (Lipinski definition) is 6. The Morgan fingerprint density at radius 3 is 2.00 bits per heavy atom. The van der Waals surface area contributed by atoms with E-state index in [1.165, 1.54) is 60.9 Å². The number of nitro groups is 1. The second kappa shape index (κ2) is 8.35. The summed E-state index contributed by atoms with van der Waals surface area (Å²) in [5, 5.41) is 15.7. The third-order valence-electron chi connectivity index (χ3n) is 3.67. The minimum Gasteiger partial charge on any atom is -0.308 e. The Morgan fingerprint density at radius 1 is 0.897 bits per heavy atom. The maximum absolute atomic E-state index is 12.4. The molecule has 3 aromatic rings. The summed E-state index contributed by atoms with van der Waals surface area (Å²) in [7, 11) is -3.79. The lowest BCUT2D eigenvalue weighted by Gasteiger charge is -2.10. The molecule has 0 aliphatic carbocycles. The Morgan fingerprint density at radius 2 is 1.48 bits per heavy atom. The lowest BCUT2D eigenvalue weighted by Crippen LogP contribution is -2.19. The van der Waals surface area contributed by atoms with E-state index in [1.54, 1.807) is 12.1 Å². The molecule has 29 heavy (non-hydrogen) atoms. The number of urea groups is 1. The van der Waals surface area contributed by atoms with E-state index in [4.69, 9.17) is 0 Å². The van der Waals surface area contributed by atoms with Crippen LogP contribution in [0.15, 0.2) is 78.0 Å². The summed E-state index contributed by atoms with van der Waals surface area (Å²) in [5.74, 6) is 0. The van der Waals surface area contributed by atoms with E-state index >= 15 is 0 Å². The van der Waals surface area contributed by atoms with Crippen molar-refractivity contribution in [3.63, 3.8) is 0 Å². The first-order chi connectivity index (χ1) is 13.8. The first-order valence-corrected chi connectivity index (χ1v) is 9.67. The van der Waals surface area contributed by atoms with Crippen molar-refractivity contribution in [1.29, 1.82) is 0 Å². The van der Waals surface area contributed by atoms with Crippen molar-refractivity contribution < 1.29 is 18.1 Å². The number of nitrogens with one attached hydrogen (secondary N) is 3. The van der Waals surface area contributed by atoms with Gasteiger partial charge in [0.1, 0.15) is 0 Å². The number of rotatable bonds is 6. The third kappa shape index (κ3) is 5.26. The van der Waals surface area contributed by atoms with Crippen LogP contribution in [0.25, 0.3) is 0 Å². The Hall–Kier alpha value is -3.99. The van der Waals surface area contributed by atoms with Gasteiger partial charge in [0.2, 0.25) is 0 Å². The topological polar surface area (TPSA) is 143 Å². The number of anilines is 3. The standard InChI is InChI=1S/C18H15N5O5S/c24-18(20-13-3-7-16(8-4-13)23(25)26)21-14-5-9-17(10-6-14)29(27,28)22-15-2-1-11-19-12-15/h1-12,22H,(H2,20,21,24). The Balaban J connectivity index is 1.62. The first kappa shape index (κ1) is 19.8. The summed E-state index contributed by atoms with van der Waals surface area (Å²) in [6.45, 7) is 0. The first-order valence-electron chi connectivity index (χ1n) is 8.19. The molecule has 0 radical (unpaired) electrons. The molecule has 10 nitrogen and oxygen atoms in total. The molecule has 148 valence electrons. The van der Waals surface area contributed by atoms with Crippen molar-refractivity contribution in [2.45, 2.75) is 4.90 Å². The summed E-state index contributed by atoms with van der Waals surface area (Å²) in [5.41, 5.74) is 0.975. The molecule has 0 fully saturated rings. The zero-order valence-electron chi connectivity index (χ0n) is 14.8. The van der Waals surface area contributed by atoms with E-state index in [0.29, 0.717) is 17.1 Å². The molecule has 0 aliphatic rings. The van der Waals surface area contributed by atoms with Gasteiger partial charge in [0.15, 0.2) is 0 Å². The molecule has 2 aromatic carbocycles. The largest absolute Gasteiger partial charge is 0.323 e. The second-order valence-corrected chi connectivity index (χ2v) is 7.44. The Labute approximate surface area is 165 Å². The number of carbonyl (C=O) groups is 1. The van der Waals surface area contributed by atoms with Crippen LogP contribution in [0.1, 0.15) is 0 Å². The molecular weight excluding hydrogens is 398 g/mol. The Bertz CT molecular complexity index is 1120. The summed E-state index contributed by atoms with van der Waals surface area (Å²) in [6, 6.07) is 13.5. The highest BCUT2D eigenvalue weighted by Gasteiger charge is 2.14. The number of amides is 2. The predicted molar refractivity (Wildman–Crippen MR) is 107 cm³/mol. The molecule has 0 bridgehead atoms. The van der Waals surface area contributed by atoms with Gasteiger partial charge in [-0.15, -0.1) is 0 Å². The molecule has 0 saturated heterocycles. The lowest BCUT2D eigenvalue weighted by atomic mass is 10.3. The molecule has 0 saturated carbocycles. The molecule has 1 heterocycles. The van der Waals surface area contributed by atoms with Crippen molar-refractivity contribution in [1.82, 2.24) is 4.98 Å². The smallest absolute Gasteiger partial charge is 0.308 e. The molecule has 0 spiro atoms. The lowest BCUT2D eigenvalue weighted by molar-refractivity contribution is -0.384. The van der Waals surface area contributed by atoms with E-state index in [0.717, 1.165) is 0 Å². The predicted octanol–water partition coefficient (Wildman–Crippen LogP) is 3.43. The van der Waals surface area contributed by atoms with Crippen molar-refractivity contribution >= 4 is 38.8 Å². The number of carbonyl (C=O) groups excluding carboxylic acids is 1. The number of hydrogen-bond donors (Lipinski definition) is 3. The van der Waals surface area contributed by atoms with Gasteiger partial charge in [0.25, 0.3) is 15.7 Å². The molecule has 11 heteroatoms. The van der Waals surface area contributed by atoms with E-state index in [9.17, 15) is 23.3 Å². The van der Waals surface area contributed by atoms with E-state index < -0.39 is 21.0 Å². The van der Waals surface area contributed by atoms with Crippen molar-refractivity contribution in [3.8, 4) is 0 Å². The minimum absolute atomic E-state index is 0.0164. The number of nitrogens with zero attached hydrogens (tertiary/aromatic N) is 2. The quantitative estimate of drug-likeness (QED) is 0.417. The highest BCUT2D eigenvalue weighted by atomic mass is 32.2. The number of non-ortho nitro benzene ring substituents is 1. The average molecular weight is 413 g/mol. The molecule has 1 aromatic heterocycles. The van der Waals surface area contributed by atoms with Crippen molar-refractivity contribution in [2.24, 2.45) is 0 Å². The number of aromatic nitrogens is 1. The van der Waals surface area contributed by atoms with Gasteiger partial charge in [-0.3, -0.25) is 19.8 Å². The summed E-state index contributed by atoms with van der Waals surface area (Å²) in [4.78, 5) is 26.0. The van der Waals surface area contributed by atoms with Crippen LogP contribution in [0.2, 0.25) is 0 Å². The number of benzene rings is 2. The minimum atomic E-state index is -3.79. The molecule has 3 rings (SSSR count). The third-order valence-corrected chi connectivity index (χ3v) is 5.07. The van der Waals surface area contributed by atoms with Gasteiger partial charge in [-0.25, -0.2) is 13.2 Å². The molecule has 3 N–H and O–H groups in total. The fourth-order valence-corrected chi connectivity index (χ4v) is 3.36. The van der Waals surface area contributed by atoms with Crippen LogP contribution >= 0.6 is 0 Å². The van der Waals surface area contributed by atoms with Crippen LogP contribution in [-0.2, 0) is 10.0 Å². The van der Waals surface area contributed by atoms with Gasteiger partial charge in [-0.2, -0.15) is 0 Å². The van der Waals surface area contributed by atoms with Crippen LogP contribution in [-0.4, -0.2) is 24.4 Å². The van der Waals surface area contributed by atoms with Gasteiger partial charge < -0.3 is 10.6 Å². The maximum Gasteiger partial charge on any atom is 0.323 e. The van der Waals surface area contributed by atoms with Crippen LogP contribution in [0, 0.1) is 10.1 Å². The molecule has 0 aliphatic heterocycles. The van der Waals surface area contributed by atoms with Crippen molar-refractivity contribution in [2.75, 3.05) is 15.4 Å². The molecule has 2 amide bonds. The Kier molecular flexibility index (Phi) is 5.69. The van der Waals surface area contributed by atoms with Crippen LogP contribution in [0.3, 0.4) is 0 Å². The number of nitro benzene ring substituents is 1. The molecule has 0 atom stereocenters. The van der Waals surface area contributed by atoms with E-state index in [-0.39, 0.29) is 10.6 Å². The maximum atomic E-state index is 12.4. The van der Waals surface area contributed by atoms with E-state index in [1.807, 2.05) is 0 Å². The zero-order chi connectivity index (χ0) is 20.9. The van der Waals surface area contributed by atoms with Crippen LogP contribution in [0.5, 0.6) is 0 Å². The monoisotopic (exact) mass is 413 g/mol. The van der Waals surface area contributed by atoms with Gasteiger partial charge in [-0.1, -0.05) is 0 Å². The average Bonchev–Trinajstić information content (AvgIpc) is 2.69. The van der Waals surface area contributed by atoms with Crippen molar-refractivity contribution in [3.05, 3.63) is 83.2 Å². The van der Waals surface area contributed by atoms with Gasteiger partial charge >= 0.3 is 6.03 Å². The highest BCUT2D eigenvalue weighted by molar-refractivity contribution is 7.92. The summed E-state index contributed by atoms with van der Waals surface area (Å²) in [6.07, 6.45) is 2.91. The molecule has 0 unspecified atom stereocenters. The SMILES string of the molecule is O=C(Nc1ccc([N+](=O)[O-])cc1)Nc1ccc(S(=O)(=O)Nc2cccnc2)cc1. The fourth-order valence-electron chi connectivity index (χ4n) is 2.31. The van der Waals surface area contributed by atoms with E-state index in [2.05, 4.69) is 20.3 Å². The number of sulfonamides is 1. The summed E-state index contributed by atoms with van der Waals surface area (Å²) >= 11 is 0. The molecular formula is C18H15N5O5S. The van der Waals surface area contributed by atoms with Crippen LogP contribution < -0.4 is 15.4 Å². The van der Waals surface area contributed by atoms with Gasteiger partial charge in [-0.05, 0) is 48.5 Å². The fraction of sp³-hybridized carbons (Fsp3) is 0. The number of pyridine rings is 1. The van der Waals surface area contributed by atoms with Gasteiger partial charge in [0.05, 0.1) is 21.7 Å². The highest BCUT2D eigenvalue weighted by Crippen LogP contribution is 2.19. The van der Waals surface area contributed by atoms with Gasteiger partial charge in [0, 0.05) is 29.7 Å².